The molecule has 27 heavy (non-hydrogen) atoms. The van der Waals surface area contributed by atoms with E-state index >= 15 is 0 Å². The molecule has 4 rings (SSSR count). The number of carbonyl (C=O) groups is 1. The molecule has 1 saturated carbocycles. The minimum absolute atomic E-state index is 0.202. The fourth-order valence-electron chi connectivity index (χ4n) is 3.51. The van der Waals surface area contributed by atoms with Crippen LogP contribution >= 0.6 is 11.6 Å². The highest BCUT2D eigenvalue weighted by atomic mass is 35.5. The van der Waals surface area contributed by atoms with Crippen LogP contribution < -0.4 is 20.1 Å². The first kappa shape index (κ1) is 17.9. The Hall–Kier alpha value is -2.47. The quantitative estimate of drug-likeness (QED) is 0.750. The summed E-state index contributed by atoms with van der Waals surface area (Å²) in [5, 5.41) is 6.23. The van der Waals surface area contributed by atoms with Crippen molar-refractivity contribution in [2.75, 3.05) is 10.6 Å². The van der Waals surface area contributed by atoms with E-state index in [0.717, 1.165) is 42.9 Å². The minimum Gasteiger partial charge on any atom is -0.448 e. The minimum atomic E-state index is -0.501. The first-order chi connectivity index (χ1) is 13.0. The Bertz CT molecular complexity index is 852. The van der Waals surface area contributed by atoms with Crippen LogP contribution in [-0.4, -0.2) is 22.7 Å². The Balaban J connectivity index is 1.41. The topological polar surface area (TPSA) is 72.5 Å². The van der Waals surface area contributed by atoms with Crippen LogP contribution in [0.1, 0.15) is 39.0 Å². The van der Waals surface area contributed by atoms with E-state index in [1.807, 2.05) is 18.2 Å². The molecule has 1 aliphatic heterocycles. The van der Waals surface area contributed by atoms with Gasteiger partial charge in [-0.05, 0) is 44.0 Å². The van der Waals surface area contributed by atoms with Crippen LogP contribution in [0.2, 0.25) is 5.15 Å². The predicted molar refractivity (Wildman–Crippen MR) is 104 cm³/mol. The van der Waals surface area contributed by atoms with Gasteiger partial charge in [0.2, 0.25) is 5.91 Å². The van der Waals surface area contributed by atoms with Crippen molar-refractivity contribution in [1.82, 2.24) is 4.98 Å². The average molecular weight is 388 g/mol. The van der Waals surface area contributed by atoms with Gasteiger partial charge in [0.1, 0.15) is 6.04 Å². The molecule has 1 spiro atoms. The van der Waals surface area contributed by atoms with Crippen LogP contribution in [0.15, 0.2) is 36.5 Å². The normalized spacial score (nSPS) is 18.1. The fourth-order valence-corrected chi connectivity index (χ4v) is 3.68. The Kier molecular flexibility index (Phi) is 4.83. The molecule has 0 saturated heterocycles. The number of pyridine rings is 1. The summed E-state index contributed by atoms with van der Waals surface area (Å²) in [6, 6.07) is 8.64. The summed E-state index contributed by atoms with van der Waals surface area (Å²) >= 11 is 5.99. The number of rotatable bonds is 4. The highest BCUT2D eigenvalue weighted by molar-refractivity contribution is 6.32. The maximum atomic E-state index is 12.4. The molecule has 1 amide bonds. The van der Waals surface area contributed by atoms with Gasteiger partial charge in [-0.3, -0.25) is 4.79 Å². The highest BCUT2D eigenvalue weighted by Crippen LogP contribution is 2.46. The number of carbonyl (C=O) groups excluding carboxylic acids is 1. The second-order valence-corrected chi connectivity index (χ2v) is 7.39. The van der Waals surface area contributed by atoms with Crippen molar-refractivity contribution in [3.05, 3.63) is 41.7 Å². The van der Waals surface area contributed by atoms with Crippen molar-refractivity contribution in [2.45, 2.75) is 50.9 Å². The number of hydrogen-bond donors (Lipinski definition) is 2. The first-order valence-electron chi connectivity index (χ1n) is 9.25. The highest BCUT2D eigenvalue weighted by Gasteiger charge is 2.42. The second-order valence-electron chi connectivity index (χ2n) is 7.03. The van der Waals surface area contributed by atoms with Crippen LogP contribution in [0.25, 0.3) is 0 Å². The van der Waals surface area contributed by atoms with Gasteiger partial charge < -0.3 is 20.1 Å². The molecule has 2 heterocycles. The van der Waals surface area contributed by atoms with E-state index in [-0.39, 0.29) is 11.1 Å². The molecule has 142 valence electrons. The number of halogens is 1. The van der Waals surface area contributed by atoms with Crippen molar-refractivity contribution in [1.29, 1.82) is 0 Å². The van der Waals surface area contributed by atoms with Crippen LogP contribution in [0.5, 0.6) is 11.5 Å². The van der Waals surface area contributed by atoms with Gasteiger partial charge in [-0.25, -0.2) is 4.98 Å². The molecule has 2 aromatic rings. The molecule has 1 aromatic carbocycles. The summed E-state index contributed by atoms with van der Waals surface area (Å²) in [5.41, 5.74) is 1.29. The Morgan fingerprint density at radius 3 is 2.74 bits per heavy atom. The molecule has 1 atom stereocenters. The Morgan fingerprint density at radius 1 is 1.19 bits per heavy atom. The lowest BCUT2D eigenvalue weighted by Crippen LogP contribution is -2.40. The second kappa shape index (κ2) is 7.27. The third-order valence-corrected chi connectivity index (χ3v) is 5.25. The zero-order valence-corrected chi connectivity index (χ0v) is 15.9. The van der Waals surface area contributed by atoms with Gasteiger partial charge in [-0.1, -0.05) is 18.0 Å². The summed E-state index contributed by atoms with van der Waals surface area (Å²) in [7, 11) is 0. The lowest BCUT2D eigenvalue weighted by Gasteiger charge is -2.31. The summed E-state index contributed by atoms with van der Waals surface area (Å²) in [6.45, 7) is 1.78. The average Bonchev–Trinajstić information content (AvgIpc) is 3.00. The van der Waals surface area contributed by atoms with Gasteiger partial charge in [-0.15, -0.1) is 0 Å². The van der Waals surface area contributed by atoms with Crippen molar-refractivity contribution < 1.29 is 14.3 Å². The van der Waals surface area contributed by atoms with E-state index in [1.54, 1.807) is 25.3 Å². The number of ether oxygens (including phenoxy) is 2. The molecule has 1 aliphatic carbocycles. The Morgan fingerprint density at radius 2 is 1.96 bits per heavy atom. The van der Waals surface area contributed by atoms with Gasteiger partial charge in [0.25, 0.3) is 5.79 Å². The molecule has 6 nitrogen and oxygen atoms in total. The smallest absolute Gasteiger partial charge is 0.251 e. The first-order valence-corrected chi connectivity index (χ1v) is 9.62. The van der Waals surface area contributed by atoms with Gasteiger partial charge in [0, 0.05) is 30.8 Å². The molecule has 2 aliphatic rings. The third kappa shape index (κ3) is 3.81. The van der Waals surface area contributed by atoms with Crippen molar-refractivity contribution in [3.8, 4) is 11.5 Å². The van der Waals surface area contributed by atoms with E-state index in [1.165, 1.54) is 6.42 Å². The molecule has 0 radical (unpaired) electrons. The number of nitrogens with zero attached hydrogens (tertiary/aromatic N) is 1. The lowest BCUT2D eigenvalue weighted by molar-refractivity contribution is -0.116. The standard InChI is InChI=1S/C20H22ClN3O3/c1-13(19(25)24-15-6-5-11-22-18(15)21)23-14-7-8-16-17(12-14)27-20(26-16)9-3-2-4-10-20/h5-8,11-13,23H,2-4,9-10H2,1H3,(H,24,25)/t13-/m1/s1. The van der Waals surface area contributed by atoms with Crippen molar-refractivity contribution >= 4 is 28.9 Å². The van der Waals surface area contributed by atoms with Gasteiger partial charge in [0.15, 0.2) is 16.7 Å². The Labute approximate surface area is 163 Å². The maximum Gasteiger partial charge on any atom is 0.251 e. The molecule has 1 fully saturated rings. The molecule has 0 unspecified atom stereocenters. The molecule has 1 aromatic heterocycles. The largest absolute Gasteiger partial charge is 0.448 e. The zero-order valence-electron chi connectivity index (χ0n) is 15.1. The van der Waals surface area contributed by atoms with E-state index in [0.29, 0.717) is 5.69 Å². The van der Waals surface area contributed by atoms with Crippen LogP contribution in [0, 0.1) is 0 Å². The molecule has 2 N–H and O–H groups in total. The summed E-state index contributed by atoms with van der Waals surface area (Å²) in [4.78, 5) is 16.4. The number of benzene rings is 1. The summed E-state index contributed by atoms with van der Waals surface area (Å²) in [6.07, 6.45) is 6.86. The monoisotopic (exact) mass is 387 g/mol. The van der Waals surface area contributed by atoms with E-state index in [4.69, 9.17) is 21.1 Å². The van der Waals surface area contributed by atoms with Crippen molar-refractivity contribution in [2.24, 2.45) is 0 Å². The molecular formula is C20H22ClN3O3. The number of aromatic nitrogens is 1. The SMILES string of the molecule is C[C@@H](Nc1ccc2c(c1)OC1(CCCCC1)O2)C(=O)Nc1cccnc1Cl. The molecule has 0 bridgehead atoms. The number of nitrogens with one attached hydrogen (secondary N) is 2. The number of fused-ring (bicyclic) bond motifs is 1. The van der Waals surface area contributed by atoms with Crippen molar-refractivity contribution in [3.63, 3.8) is 0 Å². The van der Waals surface area contributed by atoms with Crippen LogP contribution in [-0.2, 0) is 4.79 Å². The fraction of sp³-hybridized carbons (Fsp3) is 0.400. The number of amides is 1. The molecular weight excluding hydrogens is 366 g/mol. The third-order valence-electron chi connectivity index (χ3n) is 4.94. The maximum absolute atomic E-state index is 12.4. The molecule has 7 heteroatoms. The predicted octanol–water partition coefficient (Wildman–Crippen LogP) is 4.61. The van der Waals surface area contributed by atoms with E-state index in [2.05, 4.69) is 15.6 Å². The van der Waals surface area contributed by atoms with Crippen LogP contribution in [0.4, 0.5) is 11.4 Å². The van der Waals surface area contributed by atoms with E-state index < -0.39 is 11.8 Å². The number of anilines is 2. The van der Waals surface area contributed by atoms with Gasteiger partial charge in [-0.2, -0.15) is 0 Å². The van der Waals surface area contributed by atoms with Gasteiger partial charge in [0.05, 0.1) is 5.69 Å². The lowest BCUT2D eigenvalue weighted by atomic mass is 9.94. The van der Waals surface area contributed by atoms with Crippen LogP contribution in [0.3, 0.4) is 0 Å². The zero-order chi connectivity index (χ0) is 18.9. The van der Waals surface area contributed by atoms with Gasteiger partial charge >= 0.3 is 0 Å². The number of hydrogen-bond acceptors (Lipinski definition) is 5. The summed E-state index contributed by atoms with van der Waals surface area (Å²) < 4.78 is 12.2. The van der Waals surface area contributed by atoms with E-state index in [9.17, 15) is 4.79 Å². The summed E-state index contributed by atoms with van der Waals surface area (Å²) in [5.74, 6) is 0.789.